The minimum absolute atomic E-state index is 0.0321. The molecule has 0 bridgehead atoms. The Morgan fingerprint density at radius 3 is 2.55 bits per heavy atom. The molecule has 1 aromatic carbocycles. The molecule has 0 spiro atoms. The Morgan fingerprint density at radius 2 is 1.90 bits per heavy atom. The lowest BCUT2D eigenvalue weighted by atomic mass is 9.99. The van der Waals surface area contributed by atoms with Gasteiger partial charge >= 0.3 is 5.97 Å². The van der Waals surface area contributed by atoms with E-state index in [1.165, 1.54) is 26.5 Å². The number of carbonyl (C=O) groups is 1. The first kappa shape index (κ1) is 22.9. The summed E-state index contributed by atoms with van der Waals surface area (Å²) < 4.78 is 26.7. The summed E-state index contributed by atoms with van der Waals surface area (Å²) in [6.07, 6.45) is -5.34. The molecule has 0 radical (unpaired) electrons. The highest BCUT2D eigenvalue weighted by Crippen LogP contribution is 2.28. The topological polar surface area (TPSA) is 137 Å². The molecule has 168 valence electrons. The van der Waals surface area contributed by atoms with Gasteiger partial charge in [0.05, 0.1) is 19.3 Å². The SMILES string of the molecule is COc1ncc(C(=O)O[C@H]2[C@@H](OC)O[C@H](CO)[C@@H](O)[C@@H]2O)cc1OCc1ccccc1. The minimum Gasteiger partial charge on any atom is -0.483 e. The first-order chi connectivity index (χ1) is 15.0. The molecule has 0 aliphatic carbocycles. The lowest BCUT2D eigenvalue weighted by Crippen LogP contribution is -2.60. The van der Waals surface area contributed by atoms with E-state index in [1.807, 2.05) is 30.3 Å². The monoisotopic (exact) mass is 435 g/mol. The van der Waals surface area contributed by atoms with Crippen molar-refractivity contribution in [1.82, 2.24) is 4.98 Å². The van der Waals surface area contributed by atoms with Crippen LogP contribution in [0.25, 0.3) is 0 Å². The van der Waals surface area contributed by atoms with E-state index in [2.05, 4.69) is 4.98 Å². The maximum Gasteiger partial charge on any atom is 0.340 e. The molecule has 2 heterocycles. The molecule has 5 atom stereocenters. The molecular formula is C21H25NO9. The lowest BCUT2D eigenvalue weighted by molar-refractivity contribution is -0.293. The number of pyridine rings is 1. The van der Waals surface area contributed by atoms with E-state index in [-0.39, 0.29) is 23.8 Å². The molecule has 10 nitrogen and oxygen atoms in total. The highest BCUT2D eigenvalue weighted by Gasteiger charge is 2.47. The highest BCUT2D eigenvalue weighted by molar-refractivity contribution is 5.89. The average Bonchev–Trinajstić information content (AvgIpc) is 2.81. The Hall–Kier alpha value is -2.76. The van der Waals surface area contributed by atoms with Crippen LogP contribution in [-0.4, -0.2) is 77.8 Å². The smallest absolute Gasteiger partial charge is 0.340 e. The summed E-state index contributed by atoms with van der Waals surface area (Å²) in [5.41, 5.74) is 0.944. The molecule has 0 amide bonds. The third kappa shape index (κ3) is 5.30. The first-order valence-corrected chi connectivity index (χ1v) is 9.55. The zero-order chi connectivity index (χ0) is 22.4. The van der Waals surface area contributed by atoms with Gasteiger partial charge in [0.25, 0.3) is 5.88 Å². The fourth-order valence-electron chi connectivity index (χ4n) is 3.10. The van der Waals surface area contributed by atoms with Gasteiger partial charge in [-0.25, -0.2) is 9.78 Å². The largest absolute Gasteiger partial charge is 0.483 e. The van der Waals surface area contributed by atoms with E-state index in [0.29, 0.717) is 0 Å². The second-order valence-corrected chi connectivity index (χ2v) is 6.82. The van der Waals surface area contributed by atoms with Crippen LogP contribution in [0.15, 0.2) is 42.6 Å². The zero-order valence-corrected chi connectivity index (χ0v) is 17.1. The molecule has 10 heteroatoms. The number of esters is 1. The first-order valence-electron chi connectivity index (χ1n) is 9.55. The second-order valence-electron chi connectivity index (χ2n) is 6.82. The summed E-state index contributed by atoms with van der Waals surface area (Å²) in [5.74, 6) is -0.432. The van der Waals surface area contributed by atoms with Crippen molar-refractivity contribution in [3.8, 4) is 11.6 Å². The van der Waals surface area contributed by atoms with Crippen LogP contribution in [0, 0.1) is 0 Å². The fourth-order valence-corrected chi connectivity index (χ4v) is 3.10. The van der Waals surface area contributed by atoms with Gasteiger partial charge in [-0.1, -0.05) is 30.3 Å². The van der Waals surface area contributed by atoms with Gasteiger partial charge in [-0.2, -0.15) is 0 Å². The van der Waals surface area contributed by atoms with Crippen LogP contribution in [-0.2, 0) is 20.8 Å². The standard InChI is InChI=1S/C21H25NO9/c1-27-19-14(29-11-12-6-4-3-5-7-12)8-13(9-22-19)20(26)31-18-17(25)16(24)15(10-23)30-21(18)28-2/h3-9,15-18,21,23-25H,10-11H2,1-2H3/t15-,16-,17+,18-,21+/m1/s1. The van der Waals surface area contributed by atoms with Crippen LogP contribution < -0.4 is 9.47 Å². The number of rotatable bonds is 8. The van der Waals surface area contributed by atoms with Crippen LogP contribution in [0.3, 0.4) is 0 Å². The number of aliphatic hydroxyl groups is 3. The Balaban J connectivity index is 1.74. The van der Waals surface area contributed by atoms with E-state index in [0.717, 1.165) is 5.56 Å². The Labute approximate surface area is 178 Å². The molecule has 1 aliphatic rings. The van der Waals surface area contributed by atoms with E-state index in [4.69, 9.17) is 23.7 Å². The molecular weight excluding hydrogens is 410 g/mol. The molecule has 3 rings (SSSR count). The van der Waals surface area contributed by atoms with Crippen molar-refractivity contribution in [2.24, 2.45) is 0 Å². The van der Waals surface area contributed by atoms with Gasteiger partial charge in [0.15, 0.2) is 18.1 Å². The summed E-state index contributed by atoms with van der Waals surface area (Å²) in [5, 5.41) is 29.6. The Bertz CT molecular complexity index is 861. The van der Waals surface area contributed by atoms with Crippen molar-refractivity contribution >= 4 is 5.97 Å². The number of ether oxygens (including phenoxy) is 5. The number of aromatic nitrogens is 1. The van der Waals surface area contributed by atoms with Gasteiger partial charge in [0.2, 0.25) is 0 Å². The summed E-state index contributed by atoms with van der Waals surface area (Å²) in [6, 6.07) is 10.8. The van der Waals surface area contributed by atoms with Gasteiger partial charge in [-0.3, -0.25) is 0 Å². The number of hydrogen-bond acceptors (Lipinski definition) is 10. The molecule has 2 aromatic rings. The van der Waals surface area contributed by atoms with E-state index in [1.54, 1.807) is 0 Å². The van der Waals surface area contributed by atoms with E-state index in [9.17, 15) is 20.1 Å². The maximum absolute atomic E-state index is 12.7. The van der Waals surface area contributed by atoms with Crippen LogP contribution in [0.5, 0.6) is 11.6 Å². The molecule has 3 N–H and O–H groups in total. The van der Waals surface area contributed by atoms with Crippen molar-refractivity contribution in [2.45, 2.75) is 37.3 Å². The fraction of sp³-hybridized carbons (Fsp3) is 0.429. The van der Waals surface area contributed by atoms with Gasteiger partial charge in [-0.15, -0.1) is 0 Å². The number of nitrogens with zero attached hydrogens (tertiary/aromatic N) is 1. The van der Waals surface area contributed by atoms with Crippen molar-refractivity contribution in [1.29, 1.82) is 0 Å². The van der Waals surface area contributed by atoms with Gasteiger partial charge < -0.3 is 39.0 Å². The van der Waals surface area contributed by atoms with Crippen molar-refractivity contribution in [3.05, 3.63) is 53.7 Å². The van der Waals surface area contributed by atoms with Gasteiger partial charge in [0.1, 0.15) is 24.9 Å². The summed E-state index contributed by atoms with van der Waals surface area (Å²) in [7, 11) is 2.71. The molecule has 0 saturated carbocycles. The third-order valence-electron chi connectivity index (χ3n) is 4.78. The quantitative estimate of drug-likeness (QED) is 0.496. The maximum atomic E-state index is 12.7. The zero-order valence-electron chi connectivity index (χ0n) is 17.1. The average molecular weight is 435 g/mol. The Kier molecular flexibility index (Phi) is 7.77. The molecule has 1 aliphatic heterocycles. The van der Waals surface area contributed by atoms with Crippen LogP contribution >= 0.6 is 0 Å². The summed E-state index contributed by atoms with van der Waals surface area (Å²) in [6.45, 7) is -0.309. The molecule has 1 fully saturated rings. The van der Waals surface area contributed by atoms with Gasteiger partial charge in [0, 0.05) is 19.4 Å². The normalized spacial score (nSPS) is 25.6. The van der Waals surface area contributed by atoms with Crippen LogP contribution in [0.1, 0.15) is 15.9 Å². The van der Waals surface area contributed by atoms with E-state index >= 15 is 0 Å². The second kappa shape index (κ2) is 10.5. The number of methoxy groups -OCH3 is 2. The Morgan fingerprint density at radius 1 is 1.16 bits per heavy atom. The number of hydrogen-bond donors (Lipinski definition) is 3. The number of carbonyl (C=O) groups excluding carboxylic acids is 1. The minimum atomic E-state index is -1.53. The van der Waals surface area contributed by atoms with Crippen LogP contribution in [0.4, 0.5) is 0 Å². The summed E-state index contributed by atoms with van der Waals surface area (Å²) in [4.78, 5) is 16.8. The molecule has 0 unspecified atom stereocenters. The third-order valence-corrected chi connectivity index (χ3v) is 4.78. The molecule has 1 aromatic heterocycles. The molecule has 31 heavy (non-hydrogen) atoms. The summed E-state index contributed by atoms with van der Waals surface area (Å²) >= 11 is 0. The van der Waals surface area contributed by atoms with Crippen molar-refractivity contribution in [2.75, 3.05) is 20.8 Å². The lowest BCUT2D eigenvalue weighted by Gasteiger charge is -2.40. The van der Waals surface area contributed by atoms with Crippen molar-refractivity contribution in [3.63, 3.8) is 0 Å². The van der Waals surface area contributed by atoms with Crippen molar-refractivity contribution < 1.29 is 43.8 Å². The predicted octanol–water partition coefficient (Wildman–Crippen LogP) is 0.280. The highest BCUT2D eigenvalue weighted by atomic mass is 16.7. The van der Waals surface area contributed by atoms with Gasteiger partial charge in [-0.05, 0) is 5.56 Å². The number of aliphatic hydroxyl groups excluding tert-OH is 3. The van der Waals surface area contributed by atoms with E-state index < -0.39 is 43.3 Å². The predicted molar refractivity (Wildman–Crippen MR) is 106 cm³/mol. The number of benzene rings is 1. The van der Waals surface area contributed by atoms with Crippen LogP contribution in [0.2, 0.25) is 0 Å². The molecule has 1 saturated heterocycles.